The van der Waals surface area contributed by atoms with Crippen molar-refractivity contribution in [3.8, 4) is 5.75 Å². The van der Waals surface area contributed by atoms with Crippen LogP contribution >= 0.6 is 0 Å². The Balaban J connectivity index is 2.01. The summed E-state index contributed by atoms with van der Waals surface area (Å²) in [5.41, 5.74) is 1.99. The third-order valence-electron chi connectivity index (χ3n) is 3.16. The van der Waals surface area contributed by atoms with E-state index in [1.54, 1.807) is 12.3 Å². The Kier molecular flexibility index (Phi) is 4.68. The first-order valence-corrected chi connectivity index (χ1v) is 7.04. The van der Waals surface area contributed by atoms with Gasteiger partial charge in [0.25, 0.3) is 0 Å². The first-order chi connectivity index (χ1) is 9.85. The summed E-state index contributed by atoms with van der Waals surface area (Å²) in [6.07, 6.45) is 1.65. The number of furan rings is 1. The fourth-order valence-corrected chi connectivity index (χ4v) is 1.88. The van der Waals surface area contributed by atoms with E-state index in [0.29, 0.717) is 18.9 Å². The van der Waals surface area contributed by atoms with Gasteiger partial charge in [0.2, 0.25) is 0 Å². The third-order valence-corrected chi connectivity index (χ3v) is 3.16. The molecule has 0 radical (unpaired) electrons. The highest BCUT2D eigenvalue weighted by Gasteiger charge is 2.13. The summed E-state index contributed by atoms with van der Waals surface area (Å²) >= 11 is 0. The van der Waals surface area contributed by atoms with Crippen molar-refractivity contribution in [2.45, 2.75) is 46.4 Å². The van der Waals surface area contributed by atoms with Gasteiger partial charge in [0.15, 0.2) is 0 Å². The van der Waals surface area contributed by atoms with Crippen molar-refractivity contribution in [3.63, 3.8) is 0 Å². The van der Waals surface area contributed by atoms with Gasteiger partial charge in [0.05, 0.1) is 6.26 Å². The van der Waals surface area contributed by atoms with Gasteiger partial charge in [-0.25, -0.2) is 4.39 Å². The van der Waals surface area contributed by atoms with E-state index >= 15 is 0 Å². The van der Waals surface area contributed by atoms with E-state index < -0.39 is 0 Å². The van der Waals surface area contributed by atoms with Crippen LogP contribution in [-0.4, -0.2) is 5.54 Å². The van der Waals surface area contributed by atoms with Gasteiger partial charge in [-0.05, 0) is 45.4 Å². The third kappa shape index (κ3) is 4.60. The molecular formula is C17H22FNO2. The zero-order valence-corrected chi connectivity index (χ0v) is 13.0. The molecule has 0 saturated heterocycles. The van der Waals surface area contributed by atoms with Crippen LogP contribution < -0.4 is 10.1 Å². The Morgan fingerprint density at radius 1 is 1.24 bits per heavy atom. The van der Waals surface area contributed by atoms with E-state index in [2.05, 4.69) is 26.1 Å². The van der Waals surface area contributed by atoms with Crippen molar-refractivity contribution >= 4 is 0 Å². The maximum Gasteiger partial charge on any atom is 0.146 e. The maximum atomic E-state index is 13.2. The largest absolute Gasteiger partial charge is 0.485 e. The van der Waals surface area contributed by atoms with E-state index in [4.69, 9.17) is 9.15 Å². The average molecular weight is 291 g/mol. The molecule has 0 fully saturated rings. The molecule has 0 amide bonds. The first-order valence-electron chi connectivity index (χ1n) is 7.04. The molecule has 0 aliphatic rings. The molecule has 1 heterocycles. The monoisotopic (exact) mass is 291 g/mol. The number of hydrogen-bond donors (Lipinski definition) is 1. The Bertz CT molecular complexity index is 599. The molecule has 2 rings (SSSR count). The van der Waals surface area contributed by atoms with Crippen LogP contribution in [0.15, 0.2) is 34.9 Å². The lowest BCUT2D eigenvalue weighted by Gasteiger charge is -2.20. The molecule has 0 bridgehead atoms. The fraction of sp³-hybridized carbons (Fsp3) is 0.412. The number of ether oxygens (including phenoxy) is 1. The second-order valence-corrected chi connectivity index (χ2v) is 6.17. The molecule has 0 aliphatic carbocycles. The van der Waals surface area contributed by atoms with Gasteiger partial charge in [0.1, 0.15) is 23.9 Å². The van der Waals surface area contributed by atoms with Gasteiger partial charge >= 0.3 is 0 Å². The van der Waals surface area contributed by atoms with Gasteiger partial charge < -0.3 is 14.5 Å². The number of halogens is 1. The normalized spacial score (nSPS) is 11.7. The van der Waals surface area contributed by atoms with Crippen LogP contribution in [0.25, 0.3) is 0 Å². The van der Waals surface area contributed by atoms with E-state index in [9.17, 15) is 4.39 Å². The molecule has 3 nitrogen and oxygen atoms in total. The zero-order chi connectivity index (χ0) is 15.5. The second-order valence-electron chi connectivity index (χ2n) is 6.17. The van der Waals surface area contributed by atoms with Gasteiger partial charge in [-0.3, -0.25) is 0 Å². The molecule has 1 aromatic heterocycles. The van der Waals surface area contributed by atoms with Crippen molar-refractivity contribution in [2.24, 2.45) is 0 Å². The van der Waals surface area contributed by atoms with Crippen LogP contribution in [0.3, 0.4) is 0 Å². The lowest BCUT2D eigenvalue weighted by Crippen LogP contribution is -2.35. The summed E-state index contributed by atoms with van der Waals surface area (Å²) in [6.45, 7) is 9.22. The number of nitrogens with one attached hydrogen (secondary N) is 1. The molecule has 114 valence electrons. The predicted octanol–water partition coefficient (Wildman–Crippen LogP) is 4.19. The van der Waals surface area contributed by atoms with Crippen LogP contribution in [0.4, 0.5) is 4.39 Å². The number of hydrogen-bond acceptors (Lipinski definition) is 3. The SMILES string of the molecule is Cc1ccc(F)cc1OCc1occc1CNC(C)(C)C. The summed E-state index contributed by atoms with van der Waals surface area (Å²) in [5.74, 6) is 1.00. The number of aryl methyl sites for hydroxylation is 1. The van der Waals surface area contributed by atoms with Crippen LogP contribution in [0.5, 0.6) is 5.75 Å². The Morgan fingerprint density at radius 2 is 2.00 bits per heavy atom. The molecule has 1 aromatic carbocycles. The summed E-state index contributed by atoms with van der Waals surface area (Å²) in [4.78, 5) is 0. The smallest absolute Gasteiger partial charge is 0.146 e. The van der Waals surface area contributed by atoms with Crippen LogP contribution in [0.2, 0.25) is 0 Å². The highest BCUT2D eigenvalue weighted by molar-refractivity contribution is 5.33. The van der Waals surface area contributed by atoms with Crippen molar-refractivity contribution in [1.29, 1.82) is 0 Å². The minimum absolute atomic E-state index is 0.0363. The van der Waals surface area contributed by atoms with Gasteiger partial charge in [0, 0.05) is 23.7 Å². The predicted molar refractivity (Wildman–Crippen MR) is 80.8 cm³/mol. The number of benzene rings is 1. The molecule has 0 unspecified atom stereocenters. The average Bonchev–Trinajstić information content (AvgIpc) is 2.84. The van der Waals surface area contributed by atoms with Crippen LogP contribution in [0.1, 0.15) is 37.7 Å². The summed E-state index contributed by atoms with van der Waals surface area (Å²) in [6, 6.07) is 6.45. The second kappa shape index (κ2) is 6.31. The standard InChI is InChI=1S/C17H22FNO2/c1-12-5-6-14(18)9-15(12)21-11-16-13(7-8-20-16)10-19-17(2,3)4/h5-9,19H,10-11H2,1-4H3. The van der Waals surface area contributed by atoms with Crippen molar-refractivity contribution in [2.75, 3.05) is 0 Å². The molecule has 0 saturated carbocycles. The van der Waals surface area contributed by atoms with Gasteiger partial charge in [-0.2, -0.15) is 0 Å². The minimum Gasteiger partial charge on any atom is -0.485 e. The summed E-state index contributed by atoms with van der Waals surface area (Å²) in [5, 5.41) is 3.41. The quantitative estimate of drug-likeness (QED) is 0.896. The molecule has 2 aromatic rings. The Morgan fingerprint density at radius 3 is 2.71 bits per heavy atom. The van der Waals surface area contributed by atoms with Gasteiger partial charge in [-0.1, -0.05) is 6.07 Å². The summed E-state index contributed by atoms with van der Waals surface area (Å²) < 4.78 is 24.4. The topological polar surface area (TPSA) is 34.4 Å². The number of rotatable bonds is 5. The van der Waals surface area contributed by atoms with Crippen LogP contribution in [0, 0.1) is 12.7 Å². The molecule has 4 heteroatoms. The van der Waals surface area contributed by atoms with Crippen molar-refractivity contribution in [1.82, 2.24) is 5.32 Å². The Labute approximate surface area is 125 Å². The summed E-state index contributed by atoms with van der Waals surface area (Å²) in [7, 11) is 0. The Hall–Kier alpha value is -1.81. The van der Waals surface area contributed by atoms with E-state index in [1.165, 1.54) is 12.1 Å². The lowest BCUT2D eigenvalue weighted by molar-refractivity contribution is 0.264. The fourth-order valence-electron chi connectivity index (χ4n) is 1.88. The van der Waals surface area contributed by atoms with E-state index in [-0.39, 0.29) is 11.4 Å². The molecule has 1 N–H and O–H groups in total. The zero-order valence-electron chi connectivity index (χ0n) is 13.0. The highest BCUT2D eigenvalue weighted by atomic mass is 19.1. The van der Waals surface area contributed by atoms with E-state index in [0.717, 1.165) is 16.9 Å². The highest BCUT2D eigenvalue weighted by Crippen LogP contribution is 2.21. The van der Waals surface area contributed by atoms with Gasteiger partial charge in [-0.15, -0.1) is 0 Å². The van der Waals surface area contributed by atoms with Crippen LogP contribution in [-0.2, 0) is 13.2 Å². The molecule has 0 spiro atoms. The molecule has 21 heavy (non-hydrogen) atoms. The lowest BCUT2D eigenvalue weighted by atomic mass is 10.1. The van der Waals surface area contributed by atoms with Crippen molar-refractivity contribution in [3.05, 3.63) is 53.2 Å². The minimum atomic E-state index is -0.301. The maximum absolute atomic E-state index is 13.2. The first kappa shape index (κ1) is 15.6. The molecule has 0 aliphatic heterocycles. The van der Waals surface area contributed by atoms with Crippen molar-refractivity contribution < 1.29 is 13.5 Å². The molecule has 0 atom stereocenters. The molecular weight excluding hydrogens is 269 g/mol. The van der Waals surface area contributed by atoms with E-state index in [1.807, 2.05) is 13.0 Å².